The van der Waals surface area contributed by atoms with Crippen LogP contribution in [0.15, 0.2) is 24.3 Å². The van der Waals surface area contributed by atoms with E-state index in [1.807, 2.05) is 4.90 Å². The van der Waals surface area contributed by atoms with Crippen LogP contribution in [0.3, 0.4) is 0 Å². The highest BCUT2D eigenvalue weighted by molar-refractivity contribution is 5.94. The minimum Gasteiger partial charge on any atom is -0.497 e. The maximum atomic E-state index is 12.3. The van der Waals surface area contributed by atoms with Crippen LogP contribution >= 0.6 is 0 Å². The number of hydrogen-bond acceptors (Lipinski definition) is 4. The van der Waals surface area contributed by atoms with E-state index in [4.69, 9.17) is 10.00 Å². The average Bonchev–Trinajstić information content (AvgIpc) is 2.48. The molecule has 1 heterocycles. The van der Waals surface area contributed by atoms with E-state index < -0.39 is 0 Å². The molecule has 5 nitrogen and oxygen atoms in total. The number of hydrogen-bond donors (Lipinski definition) is 0. The van der Waals surface area contributed by atoms with Gasteiger partial charge in [-0.15, -0.1) is 0 Å². The topological polar surface area (TPSA) is 56.6 Å². The van der Waals surface area contributed by atoms with E-state index in [-0.39, 0.29) is 5.91 Å². The molecule has 5 heteroatoms. The number of nitrogens with zero attached hydrogens (tertiary/aromatic N) is 3. The molecule has 0 radical (unpaired) electrons. The Hall–Kier alpha value is -2.06. The smallest absolute Gasteiger partial charge is 0.253 e. The van der Waals surface area contributed by atoms with Gasteiger partial charge in [-0.1, -0.05) is 0 Å². The number of rotatable bonds is 3. The highest BCUT2D eigenvalue weighted by atomic mass is 16.5. The summed E-state index contributed by atoms with van der Waals surface area (Å²) in [4.78, 5) is 16.1. The van der Waals surface area contributed by atoms with Crippen LogP contribution in [0.1, 0.15) is 10.4 Å². The summed E-state index contributed by atoms with van der Waals surface area (Å²) in [5.74, 6) is 0.787. The number of ether oxygens (including phenoxy) is 1. The SMILES string of the molecule is COc1ccc(C(=O)N2CCN(CC#N)CC2)cc1. The van der Waals surface area contributed by atoms with Crippen LogP contribution in [0, 0.1) is 11.3 Å². The maximum Gasteiger partial charge on any atom is 0.253 e. The van der Waals surface area contributed by atoms with Crippen LogP contribution in [-0.4, -0.2) is 55.5 Å². The molecule has 1 aliphatic heterocycles. The fourth-order valence-corrected chi connectivity index (χ4v) is 2.13. The van der Waals surface area contributed by atoms with E-state index in [2.05, 4.69) is 11.0 Å². The van der Waals surface area contributed by atoms with Gasteiger partial charge in [0.2, 0.25) is 0 Å². The van der Waals surface area contributed by atoms with Crippen molar-refractivity contribution in [3.05, 3.63) is 29.8 Å². The third-order valence-corrected chi connectivity index (χ3v) is 3.29. The lowest BCUT2D eigenvalue weighted by atomic mass is 10.1. The summed E-state index contributed by atoms with van der Waals surface area (Å²) in [5, 5.41) is 8.64. The van der Waals surface area contributed by atoms with Crippen LogP contribution in [-0.2, 0) is 0 Å². The predicted octanol–water partition coefficient (Wildman–Crippen LogP) is 0.977. The first-order valence-electron chi connectivity index (χ1n) is 6.27. The normalized spacial score (nSPS) is 15.9. The number of piperazine rings is 1. The van der Waals surface area contributed by atoms with E-state index in [9.17, 15) is 4.79 Å². The minimum absolute atomic E-state index is 0.0410. The molecular weight excluding hydrogens is 242 g/mol. The molecule has 0 saturated carbocycles. The maximum absolute atomic E-state index is 12.3. The number of carbonyl (C=O) groups is 1. The Labute approximate surface area is 113 Å². The molecule has 1 saturated heterocycles. The largest absolute Gasteiger partial charge is 0.497 e. The molecule has 1 fully saturated rings. The Balaban J connectivity index is 1.95. The van der Waals surface area contributed by atoms with Gasteiger partial charge in [-0.25, -0.2) is 0 Å². The Morgan fingerprint density at radius 1 is 1.26 bits per heavy atom. The van der Waals surface area contributed by atoms with Crippen LogP contribution in [0.5, 0.6) is 5.75 Å². The van der Waals surface area contributed by atoms with Crippen molar-refractivity contribution in [1.82, 2.24) is 9.80 Å². The van der Waals surface area contributed by atoms with Crippen molar-refractivity contribution < 1.29 is 9.53 Å². The second-order valence-electron chi connectivity index (χ2n) is 4.45. The van der Waals surface area contributed by atoms with Crippen molar-refractivity contribution in [3.8, 4) is 11.8 Å². The van der Waals surface area contributed by atoms with Gasteiger partial charge in [0.05, 0.1) is 19.7 Å². The first-order chi connectivity index (χ1) is 9.24. The number of benzene rings is 1. The fraction of sp³-hybridized carbons (Fsp3) is 0.429. The molecule has 0 spiro atoms. The van der Waals surface area contributed by atoms with Gasteiger partial charge in [0, 0.05) is 31.7 Å². The van der Waals surface area contributed by atoms with Gasteiger partial charge in [-0.2, -0.15) is 5.26 Å². The van der Waals surface area contributed by atoms with E-state index in [0.717, 1.165) is 18.8 Å². The standard InChI is InChI=1S/C14H17N3O2/c1-19-13-4-2-12(3-5-13)14(18)17-10-8-16(7-6-15)9-11-17/h2-5H,7-11H2,1H3. The molecule has 0 bridgehead atoms. The lowest BCUT2D eigenvalue weighted by Gasteiger charge is -2.33. The Morgan fingerprint density at radius 2 is 1.89 bits per heavy atom. The molecule has 1 amide bonds. The summed E-state index contributed by atoms with van der Waals surface area (Å²) in [5.41, 5.74) is 0.675. The number of carbonyl (C=O) groups excluding carboxylic acids is 1. The predicted molar refractivity (Wildman–Crippen MR) is 71.0 cm³/mol. The van der Waals surface area contributed by atoms with Crippen molar-refractivity contribution in [2.24, 2.45) is 0 Å². The summed E-state index contributed by atoms with van der Waals surface area (Å²) < 4.78 is 5.07. The molecule has 1 aromatic rings. The monoisotopic (exact) mass is 259 g/mol. The van der Waals surface area contributed by atoms with Crippen LogP contribution in [0.25, 0.3) is 0 Å². The van der Waals surface area contributed by atoms with E-state index in [0.29, 0.717) is 25.2 Å². The van der Waals surface area contributed by atoms with Crippen LogP contribution < -0.4 is 4.74 Å². The zero-order valence-electron chi connectivity index (χ0n) is 11.0. The molecule has 0 aromatic heterocycles. The zero-order valence-corrected chi connectivity index (χ0v) is 11.0. The van der Waals surface area contributed by atoms with Gasteiger partial charge < -0.3 is 9.64 Å². The van der Waals surface area contributed by atoms with E-state index in [1.54, 1.807) is 31.4 Å². The second-order valence-corrected chi connectivity index (χ2v) is 4.45. The van der Waals surface area contributed by atoms with Crippen molar-refractivity contribution in [1.29, 1.82) is 5.26 Å². The van der Waals surface area contributed by atoms with Gasteiger partial charge in [0.1, 0.15) is 5.75 Å². The average molecular weight is 259 g/mol. The van der Waals surface area contributed by atoms with Crippen molar-refractivity contribution >= 4 is 5.91 Å². The van der Waals surface area contributed by atoms with Crippen molar-refractivity contribution in [2.75, 3.05) is 39.8 Å². The van der Waals surface area contributed by atoms with E-state index >= 15 is 0 Å². The summed E-state index contributed by atoms with van der Waals surface area (Å²) in [6.45, 7) is 3.30. The Bertz CT molecular complexity index is 470. The fourth-order valence-electron chi connectivity index (χ4n) is 2.13. The number of nitriles is 1. The van der Waals surface area contributed by atoms with Crippen molar-refractivity contribution in [3.63, 3.8) is 0 Å². The number of amides is 1. The Kier molecular flexibility index (Phi) is 4.37. The minimum atomic E-state index is 0.0410. The molecule has 2 rings (SSSR count). The van der Waals surface area contributed by atoms with Gasteiger partial charge in [-0.05, 0) is 24.3 Å². The molecule has 1 aromatic carbocycles. The number of methoxy groups -OCH3 is 1. The zero-order chi connectivity index (χ0) is 13.7. The first kappa shape index (κ1) is 13.4. The molecule has 0 unspecified atom stereocenters. The quantitative estimate of drug-likeness (QED) is 0.759. The molecule has 19 heavy (non-hydrogen) atoms. The van der Waals surface area contributed by atoms with Gasteiger partial charge in [0.15, 0.2) is 0 Å². The summed E-state index contributed by atoms with van der Waals surface area (Å²) in [6.07, 6.45) is 0. The second kappa shape index (κ2) is 6.21. The summed E-state index contributed by atoms with van der Waals surface area (Å²) in [6, 6.07) is 9.28. The van der Waals surface area contributed by atoms with Crippen LogP contribution in [0.4, 0.5) is 0 Å². The third-order valence-electron chi connectivity index (χ3n) is 3.29. The third kappa shape index (κ3) is 3.24. The molecule has 100 valence electrons. The molecule has 0 atom stereocenters. The summed E-state index contributed by atoms with van der Waals surface area (Å²) >= 11 is 0. The first-order valence-corrected chi connectivity index (χ1v) is 6.27. The lowest BCUT2D eigenvalue weighted by molar-refractivity contribution is 0.0652. The molecule has 0 N–H and O–H groups in total. The highest BCUT2D eigenvalue weighted by Crippen LogP contribution is 2.14. The molecule has 0 aliphatic carbocycles. The highest BCUT2D eigenvalue weighted by Gasteiger charge is 2.21. The van der Waals surface area contributed by atoms with Crippen LogP contribution in [0.2, 0.25) is 0 Å². The molecular formula is C14H17N3O2. The van der Waals surface area contributed by atoms with Gasteiger partial charge in [0.25, 0.3) is 5.91 Å². The van der Waals surface area contributed by atoms with Gasteiger partial charge in [-0.3, -0.25) is 9.69 Å². The lowest BCUT2D eigenvalue weighted by Crippen LogP contribution is -2.48. The molecule has 1 aliphatic rings. The van der Waals surface area contributed by atoms with Gasteiger partial charge >= 0.3 is 0 Å². The Morgan fingerprint density at radius 3 is 2.42 bits per heavy atom. The van der Waals surface area contributed by atoms with E-state index in [1.165, 1.54) is 0 Å². The summed E-state index contributed by atoms with van der Waals surface area (Å²) in [7, 11) is 1.60. The van der Waals surface area contributed by atoms with Crippen molar-refractivity contribution in [2.45, 2.75) is 0 Å².